The van der Waals surface area contributed by atoms with E-state index >= 15 is 0 Å². The van der Waals surface area contributed by atoms with E-state index in [1.807, 2.05) is 60.7 Å². The molecule has 6 heteroatoms. The molecule has 0 aliphatic heterocycles. The van der Waals surface area contributed by atoms with E-state index in [2.05, 4.69) is 20.6 Å². The van der Waals surface area contributed by atoms with Crippen LogP contribution in [0.5, 0.6) is 0 Å². The van der Waals surface area contributed by atoms with E-state index in [0.717, 1.165) is 27.0 Å². The van der Waals surface area contributed by atoms with E-state index in [1.54, 1.807) is 12.4 Å². The minimum Gasteiger partial charge on any atom is -0.308 e. The van der Waals surface area contributed by atoms with Gasteiger partial charge in [-0.25, -0.2) is 9.78 Å². The number of pyridine rings is 1. The van der Waals surface area contributed by atoms with Crippen molar-refractivity contribution in [3.05, 3.63) is 73.1 Å². The zero-order chi connectivity index (χ0) is 17.1. The van der Waals surface area contributed by atoms with Gasteiger partial charge in [-0.2, -0.15) is 0 Å². The summed E-state index contributed by atoms with van der Waals surface area (Å²) in [5.74, 6) is 0. The van der Waals surface area contributed by atoms with E-state index in [4.69, 9.17) is 0 Å². The largest absolute Gasteiger partial charge is 0.325 e. The predicted molar refractivity (Wildman–Crippen MR) is 102 cm³/mol. The number of aromatic nitrogens is 2. The van der Waals surface area contributed by atoms with Crippen LogP contribution in [0.25, 0.3) is 21.3 Å². The lowest BCUT2D eigenvalue weighted by Gasteiger charge is -2.07. The molecule has 2 amide bonds. The molecular formula is C19H14N4OS. The van der Waals surface area contributed by atoms with Crippen LogP contribution in [0.15, 0.2) is 73.1 Å². The second-order valence-electron chi connectivity index (χ2n) is 5.38. The van der Waals surface area contributed by atoms with Crippen molar-refractivity contribution < 1.29 is 4.79 Å². The Bertz CT molecular complexity index is 979. The molecule has 0 unspecified atom stereocenters. The van der Waals surface area contributed by atoms with E-state index in [-0.39, 0.29) is 6.03 Å². The van der Waals surface area contributed by atoms with Crippen LogP contribution in [-0.4, -0.2) is 16.0 Å². The van der Waals surface area contributed by atoms with Crippen LogP contribution in [0.1, 0.15) is 0 Å². The van der Waals surface area contributed by atoms with Gasteiger partial charge >= 0.3 is 6.03 Å². The molecule has 0 bridgehead atoms. The Hall–Kier alpha value is -3.25. The summed E-state index contributed by atoms with van der Waals surface area (Å²) in [5, 5.41) is 6.17. The van der Waals surface area contributed by atoms with Crippen LogP contribution >= 0.6 is 11.3 Å². The highest BCUT2D eigenvalue weighted by atomic mass is 32.1. The first kappa shape index (κ1) is 15.3. The summed E-state index contributed by atoms with van der Waals surface area (Å²) in [4.78, 5) is 20.6. The van der Waals surface area contributed by atoms with Crippen LogP contribution in [-0.2, 0) is 0 Å². The predicted octanol–water partition coefficient (Wildman–Crippen LogP) is 5.00. The van der Waals surface area contributed by atoms with E-state index in [0.29, 0.717) is 5.13 Å². The zero-order valence-corrected chi connectivity index (χ0v) is 14.0. The quantitative estimate of drug-likeness (QED) is 0.548. The fourth-order valence-corrected chi connectivity index (χ4v) is 3.34. The van der Waals surface area contributed by atoms with Gasteiger partial charge in [-0.15, -0.1) is 0 Å². The molecule has 0 aliphatic rings. The van der Waals surface area contributed by atoms with E-state index < -0.39 is 0 Å². The normalized spacial score (nSPS) is 10.6. The summed E-state index contributed by atoms with van der Waals surface area (Å²) in [6.45, 7) is 0. The molecule has 122 valence electrons. The number of benzene rings is 2. The van der Waals surface area contributed by atoms with E-state index in [9.17, 15) is 4.79 Å². The molecule has 0 saturated heterocycles. The zero-order valence-electron chi connectivity index (χ0n) is 13.1. The molecule has 0 saturated carbocycles. The lowest BCUT2D eigenvalue weighted by Crippen LogP contribution is -2.19. The van der Waals surface area contributed by atoms with Gasteiger partial charge in [-0.3, -0.25) is 10.3 Å². The molecule has 0 atom stereocenters. The number of hydrogen-bond donors (Lipinski definition) is 2. The van der Waals surface area contributed by atoms with Crippen molar-refractivity contribution in [3.8, 4) is 11.1 Å². The standard InChI is InChI=1S/C19H14N4OS/c24-18(23-19-22-16-3-1-2-4-17(16)25-19)21-15-7-5-13(6-8-15)14-9-11-20-12-10-14/h1-12H,(H2,21,22,23,24). The van der Waals surface area contributed by atoms with Crippen LogP contribution in [0.2, 0.25) is 0 Å². The highest BCUT2D eigenvalue weighted by molar-refractivity contribution is 7.22. The number of nitrogens with one attached hydrogen (secondary N) is 2. The number of urea groups is 1. The maximum atomic E-state index is 12.1. The number of rotatable bonds is 3. The van der Waals surface area contributed by atoms with Gasteiger partial charge in [0.2, 0.25) is 0 Å². The van der Waals surface area contributed by atoms with Crippen molar-refractivity contribution in [1.29, 1.82) is 0 Å². The smallest absolute Gasteiger partial charge is 0.308 e. The summed E-state index contributed by atoms with van der Waals surface area (Å²) in [5.41, 5.74) is 3.75. The number of anilines is 2. The van der Waals surface area contributed by atoms with Crippen molar-refractivity contribution in [2.45, 2.75) is 0 Å². The molecule has 4 aromatic rings. The third kappa shape index (κ3) is 3.49. The van der Waals surface area contributed by atoms with Crippen molar-refractivity contribution in [1.82, 2.24) is 9.97 Å². The van der Waals surface area contributed by atoms with Gasteiger partial charge < -0.3 is 5.32 Å². The topological polar surface area (TPSA) is 66.9 Å². The minimum atomic E-state index is -0.310. The Kier molecular flexibility index (Phi) is 4.10. The average molecular weight is 346 g/mol. The summed E-state index contributed by atoms with van der Waals surface area (Å²) in [6, 6.07) is 19.0. The molecule has 5 nitrogen and oxygen atoms in total. The average Bonchev–Trinajstić information content (AvgIpc) is 3.05. The van der Waals surface area contributed by atoms with Crippen LogP contribution < -0.4 is 10.6 Å². The number of nitrogens with zero attached hydrogens (tertiary/aromatic N) is 2. The molecule has 4 rings (SSSR count). The summed E-state index contributed by atoms with van der Waals surface area (Å²) < 4.78 is 1.04. The lowest BCUT2D eigenvalue weighted by molar-refractivity contribution is 0.262. The maximum absolute atomic E-state index is 12.1. The second kappa shape index (κ2) is 6.70. The molecule has 2 aromatic carbocycles. The third-order valence-electron chi connectivity index (χ3n) is 3.67. The minimum absolute atomic E-state index is 0.310. The number of fused-ring (bicyclic) bond motifs is 1. The molecular weight excluding hydrogens is 332 g/mol. The SMILES string of the molecule is O=C(Nc1ccc(-c2ccncc2)cc1)Nc1nc2ccccc2s1. The first-order valence-corrected chi connectivity index (χ1v) is 8.54. The van der Waals surface area contributed by atoms with Crippen molar-refractivity contribution >= 4 is 38.4 Å². The van der Waals surface area contributed by atoms with Crippen molar-refractivity contribution in [2.75, 3.05) is 10.6 Å². The van der Waals surface area contributed by atoms with Gasteiger partial charge in [-0.05, 0) is 47.5 Å². The first-order valence-electron chi connectivity index (χ1n) is 7.72. The van der Waals surface area contributed by atoms with Gasteiger partial charge in [0.15, 0.2) is 5.13 Å². The Morgan fingerprint density at radius 3 is 2.32 bits per heavy atom. The second-order valence-corrected chi connectivity index (χ2v) is 6.41. The molecule has 0 spiro atoms. The van der Waals surface area contributed by atoms with Crippen molar-refractivity contribution in [2.24, 2.45) is 0 Å². The van der Waals surface area contributed by atoms with Crippen LogP contribution in [0.4, 0.5) is 15.6 Å². The van der Waals surface area contributed by atoms with Crippen LogP contribution in [0, 0.1) is 0 Å². The molecule has 25 heavy (non-hydrogen) atoms. The van der Waals surface area contributed by atoms with Gasteiger partial charge in [0, 0.05) is 18.1 Å². The Morgan fingerprint density at radius 2 is 1.56 bits per heavy atom. The highest BCUT2D eigenvalue weighted by Crippen LogP contribution is 2.25. The molecule has 0 radical (unpaired) electrons. The Labute approximate surface area is 148 Å². The number of thiazole rings is 1. The highest BCUT2D eigenvalue weighted by Gasteiger charge is 2.07. The summed E-state index contributed by atoms with van der Waals surface area (Å²) in [6.07, 6.45) is 3.51. The summed E-state index contributed by atoms with van der Waals surface area (Å²) in [7, 11) is 0. The van der Waals surface area contributed by atoms with Crippen LogP contribution in [0.3, 0.4) is 0 Å². The number of para-hydroxylation sites is 1. The number of amides is 2. The monoisotopic (exact) mass is 346 g/mol. The number of carbonyl (C=O) groups is 1. The van der Waals surface area contributed by atoms with Gasteiger partial charge in [-0.1, -0.05) is 35.6 Å². The first-order chi connectivity index (χ1) is 12.3. The van der Waals surface area contributed by atoms with Gasteiger partial charge in [0.05, 0.1) is 10.2 Å². The van der Waals surface area contributed by atoms with E-state index in [1.165, 1.54) is 11.3 Å². The Morgan fingerprint density at radius 1 is 0.840 bits per heavy atom. The third-order valence-corrected chi connectivity index (χ3v) is 4.62. The Balaban J connectivity index is 1.43. The summed E-state index contributed by atoms with van der Waals surface area (Å²) >= 11 is 1.45. The van der Waals surface area contributed by atoms with Gasteiger partial charge in [0.25, 0.3) is 0 Å². The lowest BCUT2D eigenvalue weighted by atomic mass is 10.1. The fraction of sp³-hybridized carbons (Fsp3) is 0. The van der Waals surface area contributed by atoms with Crippen molar-refractivity contribution in [3.63, 3.8) is 0 Å². The van der Waals surface area contributed by atoms with Gasteiger partial charge in [0.1, 0.15) is 0 Å². The number of carbonyl (C=O) groups excluding carboxylic acids is 1. The molecule has 2 aromatic heterocycles. The molecule has 0 aliphatic carbocycles. The fourth-order valence-electron chi connectivity index (χ4n) is 2.48. The molecule has 2 N–H and O–H groups in total. The maximum Gasteiger partial charge on any atom is 0.325 e. The molecule has 2 heterocycles. The number of hydrogen-bond acceptors (Lipinski definition) is 4. The molecule has 0 fully saturated rings.